The van der Waals surface area contributed by atoms with Crippen molar-refractivity contribution in [3.05, 3.63) is 56.4 Å². The molecule has 0 spiro atoms. The van der Waals surface area contributed by atoms with Crippen molar-refractivity contribution in [1.29, 1.82) is 0 Å². The zero-order valence-electron chi connectivity index (χ0n) is 18.4. The Morgan fingerprint density at radius 1 is 1.24 bits per heavy atom. The van der Waals surface area contributed by atoms with Gasteiger partial charge in [0.1, 0.15) is 4.32 Å². The maximum Gasteiger partial charge on any atom is 0.266 e. The van der Waals surface area contributed by atoms with E-state index >= 15 is 0 Å². The van der Waals surface area contributed by atoms with E-state index in [0.29, 0.717) is 31.2 Å². The van der Waals surface area contributed by atoms with Gasteiger partial charge < -0.3 is 14.8 Å². The first kappa shape index (κ1) is 25.4. The predicted molar refractivity (Wildman–Crippen MR) is 138 cm³/mol. The Labute approximate surface area is 212 Å². The van der Waals surface area contributed by atoms with Gasteiger partial charge in [-0.25, -0.2) is 0 Å². The Morgan fingerprint density at radius 2 is 1.97 bits per heavy atom. The molecular weight excluding hydrogens is 503 g/mol. The minimum absolute atomic E-state index is 0.0284. The third-order valence-electron chi connectivity index (χ3n) is 4.69. The van der Waals surface area contributed by atoms with Crippen LogP contribution in [0.3, 0.4) is 0 Å². The third-order valence-corrected chi connectivity index (χ3v) is 6.71. The van der Waals surface area contributed by atoms with E-state index in [1.165, 1.54) is 18.9 Å². The topological polar surface area (TPSA) is 67.9 Å². The Hall–Kier alpha value is -2.26. The molecule has 0 aromatic heterocycles. The van der Waals surface area contributed by atoms with Gasteiger partial charge in [-0.15, -0.1) is 0 Å². The second kappa shape index (κ2) is 10.8. The zero-order valence-corrected chi connectivity index (χ0v) is 21.5. The molecule has 0 unspecified atom stereocenters. The number of aryl methyl sites for hydroxylation is 1. The van der Waals surface area contributed by atoms with Gasteiger partial charge in [0.2, 0.25) is 0 Å². The molecule has 0 aliphatic carbocycles. The van der Waals surface area contributed by atoms with E-state index in [1.807, 2.05) is 26.8 Å². The Kier molecular flexibility index (Phi) is 8.28. The molecule has 10 heteroatoms. The van der Waals surface area contributed by atoms with Crippen molar-refractivity contribution in [2.45, 2.75) is 26.8 Å². The summed E-state index contributed by atoms with van der Waals surface area (Å²) < 4.78 is 11.6. The van der Waals surface area contributed by atoms with Crippen LogP contribution in [0.5, 0.6) is 11.5 Å². The van der Waals surface area contributed by atoms with Gasteiger partial charge >= 0.3 is 0 Å². The second-order valence-corrected chi connectivity index (χ2v) is 9.97. The highest BCUT2D eigenvalue weighted by Crippen LogP contribution is 2.39. The van der Waals surface area contributed by atoms with Crippen LogP contribution in [0, 0.1) is 6.92 Å². The minimum atomic E-state index is -0.380. The van der Waals surface area contributed by atoms with Gasteiger partial charge in [-0.3, -0.25) is 14.5 Å². The largest absolute Gasteiger partial charge is 0.493 e. The fourth-order valence-electron chi connectivity index (χ4n) is 3.05. The number of carbonyl (C=O) groups is 2. The van der Waals surface area contributed by atoms with Crippen LogP contribution < -0.4 is 14.8 Å². The van der Waals surface area contributed by atoms with Gasteiger partial charge in [-0.1, -0.05) is 53.2 Å². The summed E-state index contributed by atoms with van der Waals surface area (Å²) >= 11 is 19.1. The molecular formula is C23H22Cl2N2O4S2. The monoisotopic (exact) mass is 524 g/mol. The zero-order chi connectivity index (χ0) is 24.3. The summed E-state index contributed by atoms with van der Waals surface area (Å²) in [7, 11) is 1.47. The molecule has 33 heavy (non-hydrogen) atoms. The summed E-state index contributed by atoms with van der Waals surface area (Å²) in [6, 6.07) is 8.52. The molecule has 1 heterocycles. The lowest BCUT2D eigenvalue weighted by Crippen LogP contribution is -2.34. The second-order valence-electron chi connectivity index (χ2n) is 7.48. The molecule has 2 aromatic carbocycles. The molecule has 0 radical (unpaired) electrons. The molecule has 6 nitrogen and oxygen atoms in total. The van der Waals surface area contributed by atoms with Crippen LogP contribution in [0.4, 0.5) is 5.69 Å². The SMILES string of the molecule is COc1cc(/C=C2\SC(=S)N(C(C)C)C2=O)cc(Cl)c1OCC(=O)Nc1ccc(C)c(Cl)c1. The van der Waals surface area contributed by atoms with Crippen LogP contribution in [0.2, 0.25) is 10.0 Å². The van der Waals surface area contributed by atoms with E-state index in [0.717, 1.165) is 5.56 Å². The van der Waals surface area contributed by atoms with E-state index in [-0.39, 0.29) is 35.2 Å². The van der Waals surface area contributed by atoms with Gasteiger partial charge in [0, 0.05) is 16.8 Å². The summed E-state index contributed by atoms with van der Waals surface area (Å²) in [5, 5.41) is 3.52. The molecule has 3 rings (SSSR count). The summed E-state index contributed by atoms with van der Waals surface area (Å²) in [6.07, 6.45) is 1.70. The van der Waals surface area contributed by atoms with Crippen molar-refractivity contribution in [1.82, 2.24) is 4.90 Å². The van der Waals surface area contributed by atoms with Crippen molar-refractivity contribution < 1.29 is 19.1 Å². The van der Waals surface area contributed by atoms with Crippen molar-refractivity contribution in [3.63, 3.8) is 0 Å². The summed E-state index contributed by atoms with van der Waals surface area (Å²) in [6.45, 7) is 5.40. The highest BCUT2D eigenvalue weighted by atomic mass is 35.5. The predicted octanol–water partition coefficient (Wildman–Crippen LogP) is 5.94. The number of methoxy groups -OCH3 is 1. The maximum absolute atomic E-state index is 12.6. The fraction of sp³-hybridized carbons (Fsp3) is 0.261. The summed E-state index contributed by atoms with van der Waals surface area (Å²) in [4.78, 5) is 27.0. The maximum atomic E-state index is 12.6. The van der Waals surface area contributed by atoms with Crippen LogP contribution in [0.15, 0.2) is 35.2 Å². The number of hydrogen-bond acceptors (Lipinski definition) is 6. The number of anilines is 1. The smallest absolute Gasteiger partial charge is 0.266 e. The van der Waals surface area contributed by atoms with E-state index in [9.17, 15) is 9.59 Å². The number of amides is 2. The first-order valence-electron chi connectivity index (χ1n) is 9.94. The number of thiocarbonyl (C=S) groups is 1. The number of carbonyl (C=O) groups excluding carboxylic acids is 2. The lowest BCUT2D eigenvalue weighted by Gasteiger charge is -2.18. The quantitative estimate of drug-likeness (QED) is 0.357. The van der Waals surface area contributed by atoms with Crippen molar-refractivity contribution in [2.24, 2.45) is 0 Å². The number of thioether (sulfide) groups is 1. The van der Waals surface area contributed by atoms with E-state index < -0.39 is 0 Å². The number of ether oxygens (including phenoxy) is 2. The van der Waals surface area contributed by atoms with Crippen molar-refractivity contribution in [2.75, 3.05) is 19.0 Å². The summed E-state index contributed by atoms with van der Waals surface area (Å²) in [5.74, 6) is 0.0279. The number of rotatable bonds is 7. The van der Waals surface area contributed by atoms with Gasteiger partial charge in [0.25, 0.3) is 11.8 Å². The first-order valence-corrected chi connectivity index (χ1v) is 11.9. The van der Waals surface area contributed by atoms with Crippen molar-refractivity contribution in [3.8, 4) is 11.5 Å². The molecule has 0 atom stereocenters. The van der Waals surface area contributed by atoms with Crippen LogP contribution >= 0.6 is 47.2 Å². The molecule has 2 amide bonds. The number of benzene rings is 2. The van der Waals surface area contributed by atoms with Crippen LogP contribution in [-0.2, 0) is 9.59 Å². The lowest BCUT2D eigenvalue weighted by atomic mass is 10.1. The number of halogens is 2. The molecule has 1 aliphatic rings. The van der Waals surface area contributed by atoms with E-state index in [1.54, 1.807) is 35.2 Å². The minimum Gasteiger partial charge on any atom is -0.493 e. The van der Waals surface area contributed by atoms with Crippen LogP contribution in [0.1, 0.15) is 25.0 Å². The summed E-state index contributed by atoms with van der Waals surface area (Å²) in [5.41, 5.74) is 2.12. The highest BCUT2D eigenvalue weighted by Gasteiger charge is 2.33. The third kappa shape index (κ3) is 6.00. The molecule has 0 bridgehead atoms. The van der Waals surface area contributed by atoms with Gasteiger partial charge in [-0.05, 0) is 62.2 Å². The Balaban J connectivity index is 1.74. The van der Waals surface area contributed by atoms with Gasteiger partial charge in [-0.2, -0.15) is 0 Å². The lowest BCUT2D eigenvalue weighted by molar-refractivity contribution is -0.123. The Morgan fingerprint density at radius 3 is 2.58 bits per heavy atom. The Bertz CT molecular complexity index is 1150. The number of hydrogen-bond donors (Lipinski definition) is 1. The molecule has 1 saturated heterocycles. The molecule has 1 fully saturated rings. The van der Waals surface area contributed by atoms with Gasteiger partial charge in [0.15, 0.2) is 18.1 Å². The van der Waals surface area contributed by atoms with Gasteiger partial charge in [0.05, 0.1) is 17.0 Å². The average Bonchev–Trinajstić information content (AvgIpc) is 3.02. The first-order chi connectivity index (χ1) is 15.6. The molecule has 174 valence electrons. The van der Waals surface area contributed by atoms with Crippen LogP contribution in [-0.4, -0.2) is 40.8 Å². The van der Waals surface area contributed by atoms with E-state index in [4.69, 9.17) is 44.9 Å². The highest BCUT2D eigenvalue weighted by molar-refractivity contribution is 8.26. The average molecular weight is 525 g/mol. The fourth-order valence-corrected chi connectivity index (χ4v) is 5.02. The normalized spacial score (nSPS) is 14.9. The van der Waals surface area contributed by atoms with Crippen LogP contribution in [0.25, 0.3) is 6.08 Å². The molecule has 1 aliphatic heterocycles. The van der Waals surface area contributed by atoms with E-state index in [2.05, 4.69) is 5.32 Å². The molecule has 0 saturated carbocycles. The molecule has 1 N–H and O–H groups in total. The molecule has 2 aromatic rings. The van der Waals surface area contributed by atoms with Crippen molar-refractivity contribution >= 4 is 75.1 Å². The number of nitrogens with one attached hydrogen (secondary N) is 1. The number of nitrogens with zero attached hydrogens (tertiary/aromatic N) is 1. The standard InChI is InChI=1S/C23H22Cl2N2O4S2/c1-12(2)27-22(29)19(33-23(27)32)9-14-7-17(25)21(18(8-14)30-4)31-11-20(28)26-15-6-5-13(3)16(24)10-15/h5-10,12H,11H2,1-4H3,(H,26,28)/b19-9-.